The minimum Gasteiger partial charge on any atom is -0.357 e. The van der Waals surface area contributed by atoms with Crippen molar-refractivity contribution in [1.82, 2.24) is 15.1 Å². The van der Waals surface area contributed by atoms with Crippen LogP contribution in [0.15, 0.2) is 29.3 Å². The average Bonchev–Trinajstić information content (AvgIpc) is 3.11. The van der Waals surface area contributed by atoms with Crippen LogP contribution in [-0.4, -0.2) is 61.6 Å². The van der Waals surface area contributed by atoms with Crippen LogP contribution >= 0.6 is 24.0 Å². The Kier molecular flexibility index (Phi) is 11.3. The molecule has 1 heterocycles. The molecule has 1 N–H and O–H groups in total. The first kappa shape index (κ1) is 24.2. The normalized spacial score (nSPS) is 18.5. The zero-order valence-corrected chi connectivity index (χ0v) is 20.2. The summed E-state index contributed by atoms with van der Waals surface area (Å²) in [6, 6.07) is 8.86. The van der Waals surface area contributed by atoms with Crippen LogP contribution in [0.4, 0.5) is 0 Å². The van der Waals surface area contributed by atoms with Crippen LogP contribution in [0.25, 0.3) is 0 Å². The molecule has 5 heteroatoms. The molecule has 1 saturated heterocycles. The maximum Gasteiger partial charge on any atom is 0.193 e. The number of nitrogens with one attached hydrogen (secondary N) is 1. The predicted molar refractivity (Wildman–Crippen MR) is 128 cm³/mol. The second-order valence-electron chi connectivity index (χ2n) is 7.59. The highest BCUT2D eigenvalue weighted by molar-refractivity contribution is 14.0. The van der Waals surface area contributed by atoms with Crippen molar-refractivity contribution < 1.29 is 0 Å². The zero-order valence-electron chi connectivity index (χ0n) is 17.9. The van der Waals surface area contributed by atoms with Crippen LogP contribution in [-0.2, 0) is 0 Å². The summed E-state index contributed by atoms with van der Waals surface area (Å²) in [6.45, 7) is 18.6. The molecule has 154 valence electrons. The van der Waals surface area contributed by atoms with E-state index in [1.807, 2.05) is 0 Å². The molecule has 4 nitrogen and oxygen atoms in total. The Morgan fingerprint density at radius 3 is 2.48 bits per heavy atom. The average molecular weight is 486 g/mol. The van der Waals surface area contributed by atoms with Gasteiger partial charge in [-0.2, -0.15) is 0 Å². The van der Waals surface area contributed by atoms with Crippen LogP contribution in [0.5, 0.6) is 0 Å². The third-order valence-electron chi connectivity index (χ3n) is 5.49. The highest BCUT2D eigenvalue weighted by Crippen LogP contribution is 2.19. The minimum absolute atomic E-state index is 0. The van der Waals surface area contributed by atoms with Crippen molar-refractivity contribution >= 4 is 29.9 Å². The Labute approximate surface area is 183 Å². The molecule has 1 fully saturated rings. The lowest BCUT2D eigenvalue weighted by molar-refractivity contribution is 0.255. The molecule has 0 aromatic heterocycles. The van der Waals surface area contributed by atoms with Crippen molar-refractivity contribution in [2.75, 3.05) is 45.8 Å². The van der Waals surface area contributed by atoms with Gasteiger partial charge in [0.05, 0.1) is 0 Å². The highest BCUT2D eigenvalue weighted by Gasteiger charge is 2.26. The Bertz CT molecular complexity index is 554. The standard InChI is InChI=1S/C22H38N4.HI/c1-6-23-22(24-15-19(5)21-11-9-18(4)10-12-21)26-14-13-20(17-26)16-25(7-2)8-3;/h9-12,19-20H,6-8,13-17H2,1-5H3,(H,23,24);1H. The number of aryl methyl sites for hydroxylation is 1. The molecule has 0 amide bonds. The van der Waals surface area contributed by atoms with Crippen molar-refractivity contribution in [2.45, 2.75) is 47.0 Å². The summed E-state index contributed by atoms with van der Waals surface area (Å²) >= 11 is 0. The van der Waals surface area contributed by atoms with E-state index in [1.165, 1.54) is 24.1 Å². The Balaban J connectivity index is 0.00000364. The summed E-state index contributed by atoms with van der Waals surface area (Å²) in [5, 5.41) is 3.50. The van der Waals surface area contributed by atoms with Crippen LogP contribution in [0, 0.1) is 12.8 Å². The molecule has 0 radical (unpaired) electrons. The molecule has 1 aliphatic rings. The Morgan fingerprint density at radius 1 is 1.22 bits per heavy atom. The van der Waals surface area contributed by atoms with E-state index in [2.05, 4.69) is 74.0 Å². The molecule has 2 atom stereocenters. The lowest BCUT2D eigenvalue weighted by Crippen LogP contribution is -2.41. The van der Waals surface area contributed by atoms with Gasteiger partial charge in [-0.05, 0) is 44.8 Å². The van der Waals surface area contributed by atoms with Crippen molar-refractivity contribution in [2.24, 2.45) is 10.9 Å². The molecule has 0 aliphatic carbocycles. The molecule has 2 unspecified atom stereocenters. The summed E-state index contributed by atoms with van der Waals surface area (Å²) in [4.78, 5) is 9.96. The predicted octanol–water partition coefficient (Wildman–Crippen LogP) is 4.35. The van der Waals surface area contributed by atoms with Crippen molar-refractivity contribution in [3.8, 4) is 0 Å². The molecule has 0 saturated carbocycles. The van der Waals surface area contributed by atoms with E-state index in [-0.39, 0.29) is 24.0 Å². The van der Waals surface area contributed by atoms with Gasteiger partial charge in [0, 0.05) is 38.6 Å². The van der Waals surface area contributed by atoms with Gasteiger partial charge in [-0.15, -0.1) is 24.0 Å². The van der Waals surface area contributed by atoms with E-state index in [0.717, 1.165) is 51.1 Å². The van der Waals surface area contributed by atoms with E-state index in [4.69, 9.17) is 4.99 Å². The first-order valence-electron chi connectivity index (χ1n) is 10.4. The van der Waals surface area contributed by atoms with Gasteiger partial charge < -0.3 is 15.1 Å². The molecule has 1 aromatic carbocycles. The molecular weight excluding hydrogens is 447 g/mol. The highest BCUT2D eigenvalue weighted by atomic mass is 127. The molecule has 0 bridgehead atoms. The van der Waals surface area contributed by atoms with E-state index in [0.29, 0.717) is 5.92 Å². The molecule has 1 aliphatic heterocycles. The van der Waals surface area contributed by atoms with E-state index in [9.17, 15) is 0 Å². The van der Waals surface area contributed by atoms with Gasteiger partial charge in [-0.3, -0.25) is 4.99 Å². The van der Waals surface area contributed by atoms with Gasteiger partial charge in [-0.1, -0.05) is 50.6 Å². The van der Waals surface area contributed by atoms with Gasteiger partial charge in [0.15, 0.2) is 5.96 Å². The second kappa shape index (κ2) is 12.6. The molecule has 0 spiro atoms. The number of likely N-dealkylation sites (tertiary alicyclic amines) is 1. The van der Waals surface area contributed by atoms with Crippen LogP contribution in [0.3, 0.4) is 0 Å². The van der Waals surface area contributed by atoms with Gasteiger partial charge in [0.2, 0.25) is 0 Å². The first-order valence-corrected chi connectivity index (χ1v) is 10.4. The van der Waals surface area contributed by atoms with Crippen molar-refractivity contribution in [1.29, 1.82) is 0 Å². The zero-order chi connectivity index (χ0) is 18.9. The third-order valence-corrected chi connectivity index (χ3v) is 5.49. The summed E-state index contributed by atoms with van der Waals surface area (Å²) in [5.41, 5.74) is 2.69. The number of guanidine groups is 1. The third kappa shape index (κ3) is 7.60. The van der Waals surface area contributed by atoms with Crippen LogP contribution in [0.2, 0.25) is 0 Å². The van der Waals surface area contributed by atoms with E-state index in [1.54, 1.807) is 0 Å². The van der Waals surface area contributed by atoms with Crippen LogP contribution in [0.1, 0.15) is 51.2 Å². The maximum absolute atomic E-state index is 4.97. The summed E-state index contributed by atoms with van der Waals surface area (Å²) in [7, 11) is 0. The number of nitrogens with zero attached hydrogens (tertiary/aromatic N) is 3. The fourth-order valence-corrected chi connectivity index (χ4v) is 3.67. The lowest BCUT2D eigenvalue weighted by Gasteiger charge is -2.24. The van der Waals surface area contributed by atoms with Gasteiger partial charge in [0.1, 0.15) is 0 Å². The number of benzene rings is 1. The SMILES string of the molecule is CCNC(=NCC(C)c1ccc(C)cc1)N1CCC(CN(CC)CC)C1.I. The largest absolute Gasteiger partial charge is 0.357 e. The fraction of sp³-hybridized carbons (Fsp3) is 0.682. The number of aliphatic imine (C=N–C) groups is 1. The van der Waals surface area contributed by atoms with E-state index < -0.39 is 0 Å². The van der Waals surface area contributed by atoms with E-state index >= 15 is 0 Å². The molecule has 27 heavy (non-hydrogen) atoms. The Hall–Kier alpha value is -0.820. The quantitative estimate of drug-likeness (QED) is 0.337. The lowest BCUT2D eigenvalue weighted by atomic mass is 10.0. The summed E-state index contributed by atoms with van der Waals surface area (Å²) in [6.07, 6.45) is 1.27. The van der Waals surface area contributed by atoms with Crippen LogP contribution < -0.4 is 5.32 Å². The number of hydrogen-bond acceptors (Lipinski definition) is 2. The number of halogens is 1. The molecule has 1 aromatic rings. The fourth-order valence-electron chi connectivity index (χ4n) is 3.67. The topological polar surface area (TPSA) is 30.9 Å². The Morgan fingerprint density at radius 2 is 1.89 bits per heavy atom. The number of hydrogen-bond donors (Lipinski definition) is 1. The maximum atomic E-state index is 4.97. The summed E-state index contributed by atoms with van der Waals surface area (Å²) in [5.74, 6) is 2.29. The van der Waals surface area contributed by atoms with Gasteiger partial charge >= 0.3 is 0 Å². The van der Waals surface area contributed by atoms with Crippen molar-refractivity contribution in [3.05, 3.63) is 35.4 Å². The van der Waals surface area contributed by atoms with Gasteiger partial charge in [-0.25, -0.2) is 0 Å². The minimum atomic E-state index is 0. The molecular formula is C22H39IN4. The smallest absolute Gasteiger partial charge is 0.193 e. The summed E-state index contributed by atoms with van der Waals surface area (Å²) < 4.78 is 0. The van der Waals surface area contributed by atoms with Gasteiger partial charge in [0.25, 0.3) is 0 Å². The second-order valence-corrected chi connectivity index (χ2v) is 7.59. The molecule has 2 rings (SSSR count). The monoisotopic (exact) mass is 486 g/mol. The van der Waals surface area contributed by atoms with Crippen molar-refractivity contribution in [3.63, 3.8) is 0 Å². The number of rotatable bonds is 8. The first-order chi connectivity index (χ1) is 12.6.